The number of ether oxygens (including phenoxy) is 1. The lowest BCUT2D eigenvalue weighted by atomic mass is 10.1. The van der Waals surface area contributed by atoms with Gasteiger partial charge in [0.15, 0.2) is 0 Å². The van der Waals surface area contributed by atoms with E-state index in [4.69, 9.17) is 15.1 Å². The number of methoxy groups -OCH3 is 1. The Balaban J connectivity index is 2.93. The van der Waals surface area contributed by atoms with Crippen molar-refractivity contribution >= 4 is 27.6 Å². The molecule has 0 saturated heterocycles. The quantitative estimate of drug-likeness (QED) is 0.866. The molecule has 1 unspecified atom stereocenters. The summed E-state index contributed by atoms with van der Waals surface area (Å²) in [6, 6.07) is 6.11. The molecule has 0 heterocycles. The number of nitrogens with zero attached hydrogens (tertiary/aromatic N) is 1. The van der Waals surface area contributed by atoms with Gasteiger partial charge >= 0.3 is 5.97 Å². The molecule has 0 aliphatic heterocycles. The maximum Gasteiger partial charge on any atom is 0.328 e. The minimum absolute atomic E-state index is 0.0241. The number of carboxylic acid groups (broad SMARTS) is 1. The number of carboxylic acids is 1. The third-order valence-corrected chi connectivity index (χ3v) is 2.56. The van der Waals surface area contributed by atoms with Gasteiger partial charge in [0.2, 0.25) is 0 Å². The van der Waals surface area contributed by atoms with Gasteiger partial charge in [-0.25, -0.2) is 4.79 Å². The first-order chi connectivity index (χ1) is 8.08. The standard InChI is InChI=1S/C11H11BrN2O3/c1-17-6-10(11(15)16)14-9-3-2-8(12)4-7(9)5-13/h2-4,10,14H,6H2,1H3,(H,15,16). The summed E-state index contributed by atoms with van der Waals surface area (Å²) in [5, 5.41) is 20.6. The van der Waals surface area contributed by atoms with Crippen LogP contribution in [0.2, 0.25) is 0 Å². The van der Waals surface area contributed by atoms with Crippen LogP contribution in [-0.2, 0) is 9.53 Å². The Morgan fingerprint density at radius 2 is 2.41 bits per heavy atom. The van der Waals surface area contributed by atoms with E-state index in [1.54, 1.807) is 18.2 Å². The summed E-state index contributed by atoms with van der Waals surface area (Å²) in [7, 11) is 1.42. The molecule has 0 radical (unpaired) electrons. The molecule has 2 N–H and O–H groups in total. The lowest BCUT2D eigenvalue weighted by molar-refractivity contribution is -0.139. The number of rotatable bonds is 5. The summed E-state index contributed by atoms with van der Waals surface area (Å²) in [5.41, 5.74) is 0.849. The Labute approximate surface area is 107 Å². The van der Waals surface area contributed by atoms with E-state index in [2.05, 4.69) is 21.2 Å². The van der Waals surface area contributed by atoms with Gasteiger partial charge in [-0.2, -0.15) is 5.26 Å². The molecule has 0 saturated carbocycles. The number of nitriles is 1. The average Bonchev–Trinajstić information content (AvgIpc) is 2.30. The van der Waals surface area contributed by atoms with Crippen molar-refractivity contribution in [2.75, 3.05) is 19.0 Å². The zero-order chi connectivity index (χ0) is 12.8. The fraction of sp³-hybridized carbons (Fsp3) is 0.273. The van der Waals surface area contributed by atoms with Crippen molar-refractivity contribution in [2.24, 2.45) is 0 Å². The number of halogens is 1. The molecule has 6 heteroatoms. The first kappa shape index (κ1) is 13.5. The Bertz CT molecular complexity index is 457. The van der Waals surface area contributed by atoms with Crippen molar-refractivity contribution < 1.29 is 14.6 Å². The van der Waals surface area contributed by atoms with Gasteiger partial charge < -0.3 is 15.2 Å². The fourth-order valence-corrected chi connectivity index (χ4v) is 1.62. The van der Waals surface area contributed by atoms with Gasteiger partial charge in [-0.1, -0.05) is 15.9 Å². The summed E-state index contributed by atoms with van der Waals surface area (Å²) in [6.07, 6.45) is 0. The normalized spacial score (nSPS) is 11.6. The SMILES string of the molecule is COCC(Nc1ccc(Br)cc1C#N)C(=O)O. The second-order valence-corrected chi connectivity index (χ2v) is 4.21. The molecular formula is C11H11BrN2O3. The minimum Gasteiger partial charge on any atom is -0.480 e. The molecular weight excluding hydrogens is 288 g/mol. The summed E-state index contributed by atoms with van der Waals surface area (Å²) in [5.74, 6) is -1.03. The van der Waals surface area contributed by atoms with Gasteiger partial charge in [-0.05, 0) is 18.2 Å². The van der Waals surface area contributed by atoms with E-state index in [9.17, 15) is 4.79 Å². The highest BCUT2D eigenvalue weighted by atomic mass is 79.9. The molecule has 1 atom stereocenters. The molecule has 0 aliphatic rings. The van der Waals surface area contributed by atoms with Gasteiger partial charge in [0.05, 0.1) is 17.9 Å². The molecule has 0 amide bonds. The Morgan fingerprint density at radius 1 is 1.71 bits per heavy atom. The van der Waals surface area contributed by atoms with E-state index in [0.717, 1.165) is 4.47 Å². The van der Waals surface area contributed by atoms with Crippen molar-refractivity contribution in [3.8, 4) is 6.07 Å². The van der Waals surface area contributed by atoms with Crippen molar-refractivity contribution in [1.29, 1.82) is 5.26 Å². The second-order valence-electron chi connectivity index (χ2n) is 3.29. The summed E-state index contributed by atoms with van der Waals surface area (Å²) < 4.78 is 5.56. The largest absolute Gasteiger partial charge is 0.480 e. The van der Waals surface area contributed by atoms with Gasteiger partial charge in [-0.15, -0.1) is 0 Å². The first-order valence-electron chi connectivity index (χ1n) is 4.76. The van der Waals surface area contributed by atoms with Crippen molar-refractivity contribution in [3.63, 3.8) is 0 Å². The van der Waals surface area contributed by atoms with Crippen LogP contribution < -0.4 is 5.32 Å². The van der Waals surface area contributed by atoms with Crippen LogP contribution in [0.5, 0.6) is 0 Å². The van der Waals surface area contributed by atoms with Crippen LogP contribution in [-0.4, -0.2) is 30.8 Å². The number of hydrogen-bond donors (Lipinski definition) is 2. The number of carbonyl (C=O) groups is 1. The number of benzene rings is 1. The molecule has 1 rings (SSSR count). The molecule has 0 aromatic heterocycles. The van der Waals surface area contributed by atoms with Crippen molar-refractivity contribution in [3.05, 3.63) is 28.2 Å². The van der Waals surface area contributed by atoms with E-state index in [0.29, 0.717) is 11.3 Å². The van der Waals surface area contributed by atoms with Crippen LogP contribution >= 0.6 is 15.9 Å². The van der Waals surface area contributed by atoms with Crippen LogP contribution in [0.4, 0.5) is 5.69 Å². The highest BCUT2D eigenvalue weighted by Crippen LogP contribution is 2.21. The predicted octanol–water partition coefficient (Wildman–Crippen LogP) is 1.83. The minimum atomic E-state index is -1.03. The zero-order valence-corrected chi connectivity index (χ0v) is 10.7. The third-order valence-electron chi connectivity index (χ3n) is 2.06. The van der Waals surface area contributed by atoms with Gasteiger partial charge in [-0.3, -0.25) is 0 Å². The molecule has 0 aliphatic carbocycles. The van der Waals surface area contributed by atoms with E-state index in [1.165, 1.54) is 7.11 Å². The fourth-order valence-electron chi connectivity index (χ4n) is 1.26. The van der Waals surface area contributed by atoms with Crippen molar-refractivity contribution in [1.82, 2.24) is 0 Å². The van der Waals surface area contributed by atoms with Crippen LogP contribution in [0, 0.1) is 11.3 Å². The van der Waals surface area contributed by atoms with E-state index in [-0.39, 0.29) is 6.61 Å². The Hall–Kier alpha value is -1.58. The second kappa shape index (κ2) is 6.23. The summed E-state index contributed by atoms with van der Waals surface area (Å²) in [6.45, 7) is 0.0241. The van der Waals surface area contributed by atoms with E-state index in [1.807, 2.05) is 6.07 Å². The monoisotopic (exact) mass is 298 g/mol. The maximum absolute atomic E-state index is 10.9. The lowest BCUT2D eigenvalue weighted by Gasteiger charge is -2.15. The average molecular weight is 299 g/mol. The Morgan fingerprint density at radius 3 is 2.94 bits per heavy atom. The zero-order valence-electron chi connectivity index (χ0n) is 9.11. The molecule has 5 nitrogen and oxygen atoms in total. The van der Waals surface area contributed by atoms with Crippen LogP contribution in [0.15, 0.2) is 22.7 Å². The van der Waals surface area contributed by atoms with Crippen LogP contribution in [0.25, 0.3) is 0 Å². The number of nitrogens with one attached hydrogen (secondary N) is 1. The molecule has 0 spiro atoms. The van der Waals surface area contributed by atoms with Gasteiger partial charge in [0.25, 0.3) is 0 Å². The van der Waals surface area contributed by atoms with Gasteiger partial charge in [0, 0.05) is 11.6 Å². The smallest absolute Gasteiger partial charge is 0.328 e. The molecule has 1 aromatic rings. The third kappa shape index (κ3) is 3.73. The van der Waals surface area contributed by atoms with Crippen LogP contribution in [0.3, 0.4) is 0 Å². The summed E-state index contributed by atoms with van der Waals surface area (Å²) in [4.78, 5) is 10.9. The summed E-state index contributed by atoms with van der Waals surface area (Å²) >= 11 is 3.24. The van der Waals surface area contributed by atoms with Gasteiger partial charge in [0.1, 0.15) is 12.1 Å². The Kier molecular flexibility index (Phi) is 4.94. The molecule has 17 heavy (non-hydrogen) atoms. The van der Waals surface area contributed by atoms with Crippen molar-refractivity contribution in [2.45, 2.75) is 6.04 Å². The number of aliphatic carboxylic acids is 1. The number of anilines is 1. The topological polar surface area (TPSA) is 82.3 Å². The lowest BCUT2D eigenvalue weighted by Crippen LogP contribution is -2.33. The molecule has 90 valence electrons. The molecule has 1 aromatic carbocycles. The van der Waals surface area contributed by atoms with E-state index >= 15 is 0 Å². The highest BCUT2D eigenvalue weighted by Gasteiger charge is 2.18. The first-order valence-corrected chi connectivity index (χ1v) is 5.55. The maximum atomic E-state index is 10.9. The number of hydrogen-bond acceptors (Lipinski definition) is 4. The molecule has 0 bridgehead atoms. The molecule has 0 fully saturated rings. The van der Waals surface area contributed by atoms with E-state index < -0.39 is 12.0 Å². The van der Waals surface area contributed by atoms with Crippen LogP contribution in [0.1, 0.15) is 5.56 Å². The predicted molar refractivity (Wildman–Crippen MR) is 65.8 cm³/mol. The highest BCUT2D eigenvalue weighted by molar-refractivity contribution is 9.10.